The van der Waals surface area contributed by atoms with Crippen molar-refractivity contribution in [2.24, 2.45) is 0 Å². The molecule has 1 aliphatic rings. The van der Waals surface area contributed by atoms with Crippen molar-refractivity contribution in [3.8, 4) is 0 Å². The number of para-hydroxylation sites is 1. The number of aliphatic hydroxyl groups is 1. The molecular formula is C11H13N3O2. The van der Waals surface area contributed by atoms with Gasteiger partial charge in [0.25, 0.3) is 0 Å². The normalized spacial score (nSPS) is 23.9. The maximum absolute atomic E-state index is 11.7. The van der Waals surface area contributed by atoms with Gasteiger partial charge in [-0.15, -0.1) is 0 Å². The van der Waals surface area contributed by atoms with E-state index in [1.807, 2.05) is 25.2 Å². The van der Waals surface area contributed by atoms with Crippen LogP contribution in [0.3, 0.4) is 0 Å². The van der Waals surface area contributed by atoms with E-state index in [0.29, 0.717) is 6.54 Å². The summed E-state index contributed by atoms with van der Waals surface area (Å²) in [6.07, 6.45) is -0.573. The van der Waals surface area contributed by atoms with Crippen LogP contribution in [-0.4, -0.2) is 27.8 Å². The molecule has 3 N–H and O–H groups in total. The largest absolute Gasteiger partial charge is 0.389 e. The molecule has 0 spiro atoms. The molecule has 2 atom stereocenters. The number of likely N-dealkylation sites (N-methyl/N-ethyl adjacent to an activating group) is 1. The second-order valence-electron chi connectivity index (χ2n) is 4.12. The van der Waals surface area contributed by atoms with Crippen LogP contribution in [0.2, 0.25) is 0 Å². The zero-order valence-electron chi connectivity index (χ0n) is 8.90. The maximum Gasteiger partial charge on any atom is 0.326 e. The third-order valence-electron chi connectivity index (χ3n) is 3.22. The lowest BCUT2D eigenvalue weighted by molar-refractivity contribution is 0.108. The topological polar surface area (TPSA) is 70.0 Å². The molecule has 0 fully saturated rings. The summed E-state index contributed by atoms with van der Waals surface area (Å²) in [6.45, 7) is 0.335. The van der Waals surface area contributed by atoms with Crippen molar-refractivity contribution in [2.75, 3.05) is 7.05 Å². The van der Waals surface area contributed by atoms with Crippen LogP contribution in [-0.2, 0) is 6.54 Å². The van der Waals surface area contributed by atoms with Gasteiger partial charge in [0.2, 0.25) is 0 Å². The fourth-order valence-corrected chi connectivity index (χ4v) is 2.52. The van der Waals surface area contributed by atoms with Crippen molar-refractivity contribution in [2.45, 2.75) is 18.7 Å². The molecule has 0 saturated carbocycles. The van der Waals surface area contributed by atoms with E-state index in [2.05, 4.69) is 10.3 Å². The highest BCUT2D eigenvalue weighted by Gasteiger charge is 2.29. The van der Waals surface area contributed by atoms with Crippen LogP contribution < -0.4 is 11.0 Å². The summed E-state index contributed by atoms with van der Waals surface area (Å²) in [5, 5.41) is 13.1. The average Bonchev–Trinajstić information content (AvgIpc) is 2.58. The smallest absolute Gasteiger partial charge is 0.326 e. The van der Waals surface area contributed by atoms with E-state index in [1.165, 1.54) is 0 Å². The third kappa shape index (κ3) is 1.10. The summed E-state index contributed by atoms with van der Waals surface area (Å²) in [5.41, 5.74) is 2.54. The molecule has 0 saturated heterocycles. The number of hydrogen-bond donors (Lipinski definition) is 3. The van der Waals surface area contributed by atoms with Gasteiger partial charge in [-0.1, -0.05) is 12.1 Å². The highest BCUT2D eigenvalue weighted by Crippen LogP contribution is 2.29. The van der Waals surface area contributed by atoms with Crippen molar-refractivity contribution in [3.05, 3.63) is 34.2 Å². The minimum absolute atomic E-state index is 0.112. The Balaban J connectivity index is 2.40. The van der Waals surface area contributed by atoms with Crippen molar-refractivity contribution in [1.82, 2.24) is 14.9 Å². The molecule has 2 aromatic rings. The molecule has 0 radical (unpaired) electrons. The Morgan fingerprint density at radius 1 is 1.56 bits per heavy atom. The van der Waals surface area contributed by atoms with E-state index in [0.717, 1.165) is 16.6 Å². The van der Waals surface area contributed by atoms with Crippen LogP contribution in [0.15, 0.2) is 23.0 Å². The molecule has 0 aliphatic carbocycles. The number of rotatable bonds is 1. The van der Waals surface area contributed by atoms with Gasteiger partial charge in [0.15, 0.2) is 0 Å². The predicted octanol–water partition coefficient (Wildman–Crippen LogP) is -0.0354. The van der Waals surface area contributed by atoms with Gasteiger partial charge in [0.05, 0.1) is 29.7 Å². The van der Waals surface area contributed by atoms with Gasteiger partial charge in [0.1, 0.15) is 0 Å². The molecule has 1 aliphatic heterocycles. The summed E-state index contributed by atoms with van der Waals surface area (Å²) in [5.74, 6) is 0. The Morgan fingerprint density at radius 2 is 2.38 bits per heavy atom. The lowest BCUT2D eigenvalue weighted by atomic mass is 9.97. The van der Waals surface area contributed by atoms with Crippen molar-refractivity contribution < 1.29 is 5.11 Å². The zero-order valence-corrected chi connectivity index (χ0v) is 8.90. The summed E-state index contributed by atoms with van der Waals surface area (Å²) in [7, 11) is 1.81. The summed E-state index contributed by atoms with van der Waals surface area (Å²) in [4.78, 5) is 14.5. The lowest BCUT2D eigenvalue weighted by Crippen LogP contribution is -2.38. The zero-order chi connectivity index (χ0) is 11.3. The number of H-pyrrole nitrogens is 1. The van der Waals surface area contributed by atoms with Gasteiger partial charge in [-0.3, -0.25) is 4.57 Å². The van der Waals surface area contributed by atoms with Crippen LogP contribution in [0.4, 0.5) is 0 Å². The van der Waals surface area contributed by atoms with Crippen LogP contribution >= 0.6 is 0 Å². The van der Waals surface area contributed by atoms with E-state index in [1.54, 1.807) is 4.57 Å². The summed E-state index contributed by atoms with van der Waals surface area (Å²) < 4.78 is 1.60. The molecule has 1 aromatic heterocycles. The molecule has 5 heteroatoms. The number of aliphatic hydroxyl groups excluding tert-OH is 1. The van der Waals surface area contributed by atoms with Crippen molar-refractivity contribution in [1.29, 1.82) is 0 Å². The first-order valence-electron chi connectivity index (χ1n) is 5.29. The Bertz CT molecular complexity index is 599. The minimum Gasteiger partial charge on any atom is -0.389 e. The van der Waals surface area contributed by atoms with E-state index >= 15 is 0 Å². The molecule has 3 rings (SSSR count). The number of hydrogen-bond acceptors (Lipinski definition) is 3. The monoisotopic (exact) mass is 219 g/mol. The van der Waals surface area contributed by atoms with Gasteiger partial charge in [-0.25, -0.2) is 4.79 Å². The number of nitrogens with zero attached hydrogens (tertiary/aromatic N) is 1. The van der Waals surface area contributed by atoms with E-state index in [9.17, 15) is 9.90 Å². The highest BCUT2D eigenvalue weighted by molar-refractivity contribution is 5.80. The standard InChI is InChI=1S/C11H13N3O2/c1-12-9-6-3-2-4-7-10(6)14(5-8(9)15)11(16)13-7/h2-4,8-9,12,15H,5H2,1H3,(H,13,16)/t8-,9?/m1/s1. The van der Waals surface area contributed by atoms with E-state index in [4.69, 9.17) is 0 Å². The van der Waals surface area contributed by atoms with Gasteiger partial charge >= 0.3 is 5.69 Å². The van der Waals surface area contributed by atoms with Gasteiger partial charge in [-0.2, -0.15) is 0 Å². The summed E-state index contributed by atoms with van der Waals surface area (Å²) in [6, 6.07) is 5.59. The lowest BCUT2D eigenvalue weighted by Gasteiger charge is -2.28. The fourth-order valence-electron chi connectivity index (χ4n) is 2.52. The quantitative estimate of drug-likeness (QED) is 0.630. The molecule has 2 heterocycles. The molecule has 0 bridgehead atoms. The second-order valence-corrected chi connectivity index (χ2v) is 4.12. The predicted molar refractivity (Wildman–Crippen MR) is 60.4 cm³/mol. The van der Waals surface area contributed by atoms with Crippen LogP contribution in [0.25, 0.3) is 11.0 Å². The van der Waals surface area contributed by atoms with Crippen molar-refractivity contribution >= 4 is 11.0 Å². The van der Waals surface area contributed by atoms with Gasteiger partial charge in [-0.05, 0) is 18.7 Å². The van der Waals surface area contributed by atoms with E-state index in [-0.39, 0.29) is 11.7 Å². The molecule has 1 aromatic carbocycles. The average molecular weight is 219 g/mol. The molecule has 16 heavy (non-hydrogen) atoms. The first-order chi connectivity index (χ1) is 7.72. The van der Waals surface area contributed by atoms with Crippen LogP contribution in [0.5, 0.6) is 0 Å². The molecule has 84 valence electrons. The minimum atomic E-state index is -0.573. The number of imidazole rings is 1. The third-order valence-corrected chi connectivity index (χ3v) is 3.22. The van der Waals surface area contributed by atoms with Crippen molar-refractivity contribution in [3.63, 3.8) is 0 Å². The number of aromatic amines is 1. The Labute approximate surface area is 91.7 Å². The second kappa shape index (κ2) is 3.20. The van der Waals surface area contributed by atoms with Crippen LogP contribution in [0.1, 0.15) is 11.6 Å². The summed E-state index contributed by atoms with van der Waals surface area (Å²) >= 11 is 0. The molecule has 1 unspecified atom stereocenters. The maximum atomic E-state index is 11.7. The number of benzene rings is 1. The molecule has 0 amide bonds. The Hall–Kier alpha value is -1.59. The van der Waals surface area contributed by atoms with Crippen LogP contribution in [0, 0.1) is 0 Å². The first-order valence-corrected chi connectivity index (χ1v) is 5.29. The Morgan fingerprint density at radius 3 is 3.12 bits per heavy atom. The molecular weight excluding hydrogens is 206 g/mol. The van der Waals surface area contributed by atoms with E-state index < -0.39 is 6.10 Å². The number of aromatic nitrogens is 2. The van der Waals surface area contributed by atoms with Gasteiger partial charge < -0.3 is 15.4 Å². The highest BCUT2D eigenvalue weighted by atomic mass is 16.3. The fraction of sp³-hybridized carbons (Fsp3) is 0.364. The number of nitrogens with one attached hydrogen (secondary N) is 2. The SMILES string of the molecule is CNC1c2cccc3[nH]c(=O)n(c23)C[C@H]1O. The first kappa shape index (κ1) is 9.62. The molecule has 5 nitrogen and oxygen atoms in total. The van der Waals surface area contributed by atoms with Gasteiger partial charge in [0, 0.05) is 0 Å². The Kier molecular flexibility index (Phi) is 1.92.